The molecule has 0 saturated carbocycles. The zero-order valence-corrected chi connectivity index (χ0v) is 13.9. The summed E-state index contributed by atoms with van der Waals surface area (Å²) in [4.78, 5) is 2.22. The fraction of sp³-hybridized carbons (Fsp3) is 0.471. The van der Waals surface area contributed by atoms with Gasteiger partial charge in [-0.15, -0.1) is 0 Å². The molecule has 0 saturated heterocycles. The molecule has 1 aromatic heterocycles. The molecule has 0 aliphatic carbocycles. The van der Waals surface area contributed by atoms with E-state index in [9.17, 15) is 0 Å². The molecular weight excluding hydrogens is 276 g/mol. The molecule has 5 nitrogen and oxygen atoms in total. The van der Waals surface area contributed by atoms with Gasteiger partial charge in [0.25, 0.3) is 0 Å². The predicted molar refractivity (Wildman–Crippen MR) is 89.0 cm³/mol. The Balaban J connectivity index is 1.96. The first kappa shape index (κ1) is 16.5. The average molecular weight is 302 g/mol. The van der Waals surface area contributed by atoms with E-state index in [1.54, 1.807) is 7.11 Å². The van der Waals surface area contributed by atoms with E-state index in [1.807, 2.05) is 23.0 Å². The van der Waals surface area contributed by atoms with E-state index in [1.165, 1.54) is 11.1 Å². The molecule has 120 valence electrons. The highest BCUT2D eigenvalue weighted by Gasteiger charge is 2.14. The van der Waals surface area contributed by atoms with Crippen LogP contribution in [-0.4, -0.2) is 42.4 Å². The van der Waals surface area contributed by atoms with Gasteiger partial charge in [0.1, 0.15) is 5.75 Å². The van der Waals surface area contributed by atoms with Crippen molar-refractivity contribution in [1.29, 1.82) is 0 Å². The lowest BCUT2D eigenvalue weighted by atomic mass is 10.1. The van der Waals surface area contributed by atoms with Gasteiger partial charge >= 0.3 is 0 Å². The summed E-state index contributed by atoms with van der Waals surface area (Å²) in [5.74, 6) is 0.897. The summed E-state index contributed by atoms with van der Waals surface area (Å²) in [6.07, 6.45) is 4.01. The zero-order valence-electron chi connectivity index (χ0n) is 13.9. The maximum atomic E-state index is 5.32. The molecule has 0 amide bonds. The van der Waals surface area contributed by atoms with Gasteiger partial charge in [-0.2, -0.15) is 5.10 Å². The van der Waals surface area contributed by atoms with Crippen molar-refractivity contribution in [3.8, 4) is 5.75 Å². The van der Waals surface area contributed by atoms with Crippen molar-refractivity contribution >= 4 is 0 Å². The Kier molecular flexibility index (Phi) is 5.98. The van der Waals surface area contributed by atoms with Crippen LogP contribution in [-0.2, 0) is 13.1 Å². The third-order valence-electron chi connectivity index (χ3n) is 3.78. The Bertz CT molecular complexity index is 580. The number of methoxy groups -OCH3 is 1. The minimum atomic E-state index is 0.302. The molecule has 0 fully saturated rings. The second kappa shape index (κ2) is 7.96. The van der Waals surface area contributed by atoms with Gasteiger partial charge < -0.3 is 15.0 Å². The topological polar surface area (TPSA) is 42.3 Å². The standard InChI is InChI=1S/C17H26N4O/c1-5-21-13-14(11-19-21)10-18-12-17(20(2)3)15-7-6-8-16(9-15)22-4/h6-9,11,13,17-18H,5,10,12H2,1-4H3. The quantitative estimate of drug-likeness (QED) is 0.812. The van der Waals surface area contributed by atoms with Crippen molar-refractivity contribution in [3.05, 3.63) is 47.8 Å². The Labute approximate surface area is 132 Å². The van der Waals surface area contributed by atoms with E-state index in [4.69, 9.17) is 4.74 Å². The monoisotopic (exact) mass is 302 g/mol. The van der Waals surface area contributed by atoms with Crippen LogP contribution >= 0.6 is 0 Å². The fourth-order valence-corrected chi connectivity index (χ4v) is 2.47. The lowest BCUT2D eigenvalue weighted by Gasteiger charge is -2.25. The van der Waals surface area contributed by atoms with Gasteiger partial charge in [-0.3, -0.25) is 4.68 Å². The van der Waals surface area contributed by atoms with Crippen molar-refractivity contribution in [2.24, 2.45) is 0 Å². The van der Waals surface area contributed by atoms with E-state index in [0.717, 1.165) is 25.4 Å². The van der Waals surface area contributed by atoms with Crippen molar-refractivity contribution in [2.45, 2.75) is 26.1 Å². The Morgan fingerprint density at radius 1 is 1.36 bits per heavy atom. The number of nitrogens with zero attached hydrogens (tertiary/aromatic N) is 3. The Hall–Kier alpha value is -1.85. The van der Waals surface area contributed by atoms with Gasteiger partial charge in [-0.05, 0) is 38.7 Å². The van der Waals surface area contributed by atoms with Gasteiger partial charge in [0, 0.05) is 37.4 Å². The number of likely N-dealkylation sites (N-methyl/N-ethyl adjacent to an activating group) is 1. The van der Waals surface area contributed by atoms with E-state index >= 15 is 0 Å². The molecule has 1 atom stereocenters. The molecule has 1 unspecified atom stereocenters. The smallest absolute Gasteiger partial charge is 0.119 e. The van der Waals surface area contributed by atoms with E-state index < -0.39 is 0 Å². The van der Waals surface area contributed by atoms with Crippen molar-refractivity contribution in [3.63, 3.8) is 0 Å². The molecule has 0 aliphatic rings. The molecule has 1 heterocycles. The Morgan fingerprint density at radius 3 is 2.82 bits per heavy atom. The molecule has 0 bridgehead atoms. The first-order valence-electron chi connectivity index (χ1n) is 7.66. The molecule has 1 aromatic carbocycles. The summed E-state index contributed by atoms with van der Waals surface area (Å²) in [5, 5.41) is 7.82. The molecular formula is C17H26N4O. The number of aromatic nitrogens is 2. The maximum absolute atomic E-state index is 5.32. The average Bonchev–Trinajstić information content (AvgIpc) is 2.99. The fourth-order valence-electron chi connectivity index (χ4n) is 2.47. The number of nitrogens with one attached hydrogen (secondary N) is 1. The van der Waals surface area contributed by atoms with Crippen molar-refractivity contribution < 1.29 is 4.74 Å². The van der Waals surface area contributed by atoms with E-state index in [0.29, 0.717) is 6.04 Å². The van der Waals surface area contributed by atoms with Crippen LogP contribution in [0.15, 0.2) is 36.7 Å². The first-order chi connectivity index (χ1) is 10.6. The normalized spacial score (nSPS) is 12.6. The largest absolute Gasteiger partial charge is 0.497 e. The summed E-state index contributed by atoms with van der Waals surface area (Å²) in [5.41, 5.74) is 2.46. The highest BCUT2D eigenvalue weighted by atomic mass is 16.5. The minimum absolute atomic E-state index is 0.302. The number of ether oxygens (including phenoxy) is 1. The molecule has 2 rings (SSSR count). The molecule has 0 spiro atoms. The van der Waals surface area contributed by atoms with Gasteiger partial charge in [0.05, 0.1) is 13.3 Å². The van der Waals surface area contributed by atoms with Gasteiger partial charge in [0.15, 0.2) is 0 Å². The number of hydrogen-bond acceptors (Lipinski definition) is 4. The highest BCUT2D eigenvalue weighted by molar-refractivity contribution is 5.30. The zero-order chi connectivity index (χ0) is 15.9. The van der Waals surface area contributed by atoms with Crippen LogP contribution < -0.4 is 10.1 Å². The van der Waals surface area contributed by atoms with Gasteiger partial charge in [-0.25, -0.2) is 0 Å². The van der Waals surface area contributed by atoms with Crippen LogP contribution in [0.5, 0.6) is 5.75 Å². The summed E-state index contributed by atoms with van der Waals surface area (Å²) >= 11 is 0. The summed E-state index contributed by atoms with van der Waals surface area (Å²) in [6, 6.07) is 8.56. The molecule has 0 aliphatic heterocycles. The molecule has 22 heavy (non-hydrogen) atoms. The van der Waals surface area contributed by atoms with E-state index in [-0.39, 0.29) is 0 Å². The lowest BCUT2D eigenvalue weighted by Crippen LogP contribution is -2.30. The third-order valence-corrected chi connectivity index (χ3v) is 3.78. The second-order valence-electron chi connectivity index (χ2n) is 5.59. The minimum Gasteiger partial charge on any atom is -0.497 e. The van der Waals surface area contributed by atoms with Crippen molar-refractivity contribution in [2.75, 3.05) is 27.7 Å². The molecule has 0 radical (unpaired) electrons. The van der Waals surface area contributed by atoms with Crippen LogP contribution in [0.25, 0.3) is 0 Å². The number of aryl methyl sites for hydroxylation is 1. The van der Waals surface area contributed by atoms with Crippen LogP contribution in [0.4, 0.5) is 0 Å². The number of benzene rings is 1. The van der Waals surface area contributed by atoms with Crippen LogP contribution in [0, 0.1) is 0 Å². The molecule has 1 N–H and O–H groups in total. The highest BCUT2D eigenvalue weighted by Crippen LogP contribution is 2.22. The first-order valence-corrected chi connectivity index (χ1v) is 7.66. The summed E-state index contributed by atoms with van der Waals surface area (Å²) in [6.45, 7) is 4.70. The summed E-state index contributed by atoms with van der Waals surface area (Å²) in [7, 11) is 5.90. The SMILES string of the molecule is CCn1cc(CNCC(c2cccc(OC)c2)N(C)C)cn1. The maximum Gasteiger partial charge on any atom is 0.119 e. The van der Waals surface area contributed by atoms with Crippen molar-refractivity contribution in [1.82, 2.24) is 20.0 Å². The number of rotatable bonds is 8. The number of hydrogen-bond donors (Lipinski definition) is 1. The third kappa shape index (κ3) is 4.32. The van der Waals surface area contributed by atoms with E-state index in [2.05, 4.69) is 54.7 Å². The van der Waals surface area contributed by atoms with Gasteiger partial charge in [-0.1, -0.05) is 12.1 Å². The summed E-state index contributed by atoms with van der Waals surface area (Å²) < 4.78 is 7.27. The van der Waals surface area contributed by atoms with Gasteiger partial charge in [0.2, 0.25) is 0 Å². The predicted octanol–water partition coefficient (Wildman–Crippen LogP) is 2.30. The van der Waals surface area contributed by atoms with Crippen LogP contribution in [0.1, 0.15) is 24.1 Å². The lowest BCUT2D eigenvalue weighted by molar-refractivity contribution is 0.287. The molecule has 5 heteroatoms. The Morgan fingerprint density at radius 2 is 2.18 bits per heavy atom. The molecule has 2 aromatic rings. The van der Waals surface area contributed by atoms with Crippen LogP contribution in [0.3, 0.4) is 0 Å². The second-order valence-corrected chi connectivity index (χ2v) is 5.59. The van der Waals surface area contributed by atoms with Crippen LogP contribution in [0.2, 0.25) is 0 Å².